The molecule has 0 N–H and O–H groups in total. The quantitative estimate of drug-likeness (QED) is 0.210. The van der Waals surface area contributed by atoms with E-state index in [1.807, 2.05) is 0 Å². The summed E-state index contributed by atoms with van der Waals surface area (Å²) in [5, 5.41) is 7.13. The standard InChI is InChI=1S/C41H26N4/c1-3-12-29-24-32(22-20-27(29)10-1)40-42-39(43-41(44-40)33-23-21-28-11-2-4-13-30(28)25-33)31-14-9-15-34(26-31)45-37-18-7-5-16-35(37)36-17-6-8-19-38(36)45/h1-26H. The van der Waals surface area contributed by atoms with Crippen molar-refractivity contribution in [3.8, 4) is 39.9 Å². The van der Waals surface area contributed by atoms with Gasteiger partial charge in [-0.05, 0) is 57.9 Å². The van der Waals surface area contributed by atoms with Crippen LogP contribution in [0.25, 0.3) is 83.2 Å². The minimum Gasteiger partial charge on any atom is -0.309 e. The zero-order valence-corrected chi connectivity index (χ0v) is 24.3. The molecular formula is C41H26N4. The van der Waals surface area contributed by atoms with Gasteiger partial charge in [0.1, 0.15) is 0 Å². The highest BCUT2D eigenvalue weighted by Crippen LogP contribution is 2.34. The Morgan fingerprint density at radius 3 is 1.31 bits per heavy atom. The molecule has 0 saturated carbocycles. The number of para-hydroxylation sites is 2. The van der Waals surface area contributed by atoms with E-state index < -0.39 is 0 Å². The van der Waals surface area contributed by atoms with Crippen LogP contribution >= 0.6 is 0 Å². The van der Waals surface area contributed by atoms with Gasteiger partial charge in [0.15, 0.2) is 17.5 Å². The Labute approximate surface area is 259 Å². The number of hydrogen-bond donors (Lipinski definition) is 0. The van der Waals surface area contributed by atoms with E-state index in [0.29, 0.717) is 17.5 Å². The van der Waals surface area contributed by atoms with Crippen molar-refractivity contribution in [3.63, 3.8) is 0 Å². The maximum atomic E-state index is 5.08. The Balaban J connectivity index is 1.25. The molecule has 0 aliphatic carbocycles. The highest BCUT2D eigenvalue weighted by Gasteiger charge is 2.16. The molecule has 2 aromatic heterocycles. The Kier molecular flexibility index (Phi) is 5.78. The molecule has 4 heteroatoms. The van der Waals surface area contributed by atoms with Crippen molar-refractivity contribution in [1.82, 2.24) is 19.5 Å². The third-order valence-electron chi connectivity index (χ3n) is 8.59. The maximum absolute atomic E-state index is 5.08. The van der Waals surface area contributed by atoms with E-state index in [1.54, 1.807) is 0 Å². The van der Waals surface area contributed by atoms with E-state index in [1.165, 1.54) is 32.6 Å². The van der Waals surface area contributed by atoms with E-state index in [-0.39, 0.29) is 0 Å². The van der Waals surface area contributed by atoms with Crippen molar-refractivity contribution in [2.75, 3.05) is 0 Å². The number of rotatable bonds is 4. The average Bonchev–Trinajstić information content (AvgIpc) is 3.45. The second-order valence-corrected chi connectivity index (χ2v) is 11.4. The molecule has 0 spiro atoms. The fourth-order valence-electron chi connectivity index (χ4n) is 6.40. The van der Waals surface area contributed by atoms with Crippen molar-refractivity contribution in [1.29, 1.82) is 0 Å². The van der Waals surface area contributed by atoms with Gasteiger partial charge in [0.25, 0.3) is 0 Å². The molecule has 45 heavy (non-hydrogen) atoms. The molecule has 0 radical (unpaired) electrons. The van der Waals surface area contributed by atoms with Gasteiger partial charge in [-0.15, -0.1) is 0 Å². The molecule has 0 aliphatic rings. The molecule has 210 valence electrons. The second-order valence-electron chi connectivity index (χ2n) is 11.4. The molecule has 0 unspecified atom stereocenters. The fraction of sp³-hybridized carbons (Fsp3) is 0. The van der Waals surface area contributed by atoms with E-state index >= 15 is 0 Å². The molecule has 0 bridgehead atoms. The second kappa shape index (κ2) is 10.2. The summed E-state index contributed by atoms with van der Waals surface area (Å²) in [6.07, 6.45) is 0. The smallest absolute Gasteiger partial charge is 0.164 e. The molecule has 0 fully saturated rings. The minimum atomic E-state index is 0.638. The molecule has 7 aromatic carbocycles. The lowest BCUT2D eigenvalue weighted by molar-refractivity contribution is 1.07. The van der Waals surface area contributed by atoms with Crippen LogP contribution in [0, 0.1) is 0 Å². The van der Waals surface area contributed by atoms with Gasteiger partial charge >= 0.3 is 0 Å². The predicted octanol–water partition coefficient (Wildman–Crippen LogP) is 10.3. The first-order chi connectivity index (χ1) is 22.3. The monoisotopic (exact) mass is 574 g/mol. The van der Waals surface area contributed by atoms with Crippen molar-refractivity contribution in [2.24, 2.45) is 0 Å². The molecule has 0 saturated heterocycles. The largest absolute Gasteiger partial charge is 0.309 e. The Hall–Kier alpha value is -6.13. The molecule has 4 nitrogen and oxygen atoms in total. The van der Waals surface area contributed by atoms with Crippen LogP contribution in [0.4, 0.5) is 0 Å². The predicted molar refractivity (Wildman–Crippen MR) is 185 cm³/mol. The van der Waals surface area contributed by atoms with Crippen LogP contribution in [0.2, 0.25) is 0 Å². The van der Waals surface area contributed by atoms with E-state index in [0.717, 1.165) is 33.2 Å². The van der Waals surface area contributed by atoms with Crippen LogP contribution in [0.1, 0.15) is 0 Å². The van der Waals surface area contributed by atoms with Crippen LogP contribution in [0.3, 0.4) is 0 Å². The van der Waals surface area contributed by atoms with Crippen molar-refractivity contribution < 1.29 is 0 Å². The summed E-state index contributed by atoms with van der Waals surface area (Å²) < 4.78 is 2.32. The van der Waals surface area contributed by atoms with Crippen molar-refractivity contribution >= 4 is 43.4 Å². The zero-order chi connectivity index (χ0) is 29.7. The lowest BCUT2D eigenvalue weighted by atomic mass is 10.1. The summed E-state index contributed by atoms with van der Waals surface area (Å²) in [5.41, 5.74) is 6.24. The lowest BCUT2D eigenvalue weighted by Crippen LogP contribution is -2.01. The SMILES string of the molecule is c1cc(-c2nc(-c3ccc4ccccc4c3)nc(-c3ccc4ccccc4c3)n2)cc(-n2c3ccccc3c3ccccc32)c1. The number of hydrogen-bond acceptors (Lipinski definition) is 3. The summed E-state index contributed by atoms with van der Waals surface area (Å²) in [6.45, 7) is 0. The Morgan fingerprint density at radius 2 is 0.778 bits per heavy atom. The van der Waals surface area contributed by atoms with Crippen LogP contribution in [0.5, 0.6) is 0 Å². The summed E-state index contributed by atoms with van der Waals surface area (Å²) in [7, 11) is 0. The van der Waals surface area contributed by atoms with Gasteiger partial charge in [0.05, 0.1) is 11.0 Å². The van der Waals surface area contributed by atoms with Crippen LogP contribution in [0.15, 0.2) is 158 Å². The summed E-state index contributed by atoms with van der Waals surface area (Å²) >= 11 is 0. The van der Waals surface area contributed by atoms with Gasteiger partial charge in [0.2, 0.25) is 0 Å². The Morgan fingerprint density at radius 1 is 0.333 bits per heavy atom. The molecule has 0 amide bonds. The molecule has 0 atom stereocenters. The fourth-order valence-corrected chi connectivity index (χ4v) is 6.40. The number of nitrogens with zero attached hydrogens (tertiary/aromatic N) is 4. The first-order valence-electron chi connectivity index (χ1n) is 15.1. The number of aromatic nitrogens is 4. The van der Waals surface area contributed by atoms with Gasteiger partial charge in [-0.3, -0.25) is 0 Å². The third-order valence-corrected chi connectivity index (χ3v) is 8.59. The first-order valence-corrected chi connectivity index (χ1v) is 15.1. The average molecular weight is 575 g/mol. The lowest BCUT2D eigenvalue weighted by Gasteiger charge is -2.12. The molecule has 2 heterocycles. The van der Waals surface area contributed by atoms with E-state index in [9.17, 15) is 0 Å². The summed E-state index contributed by atoms with van der Waals surface area (Å²) in [6, 6.07) is 55.2. The topological polar surface area (TPSA) is 43.6 Å². The van der Waals surface area contributed by atoms with Gasteiger partial charge in [0, 0.05) is 33.2 Å². The van der Waals surface area contributed by atoms with Gasteiger partial charge in [-0.2, -0.15) is 0 Å². The normalized spacial score (nSPS) is 11.6. The van der Waals surface area contributed by atoms with Crippen LogP contribution in [-0.2, 0) is 0 Å². The van der Waals surface area contributed by atoms with Gasteiger partial charge in [-0.25, -0.2) is 15.0 Å². The van der Waals surface area contributed by atoms with E-state index in [2.05, 4.69) is 162 Å². The Bertz CT molecular complexity index is 2410. The molecule has 9 rings (SSSR count). The van der Waals surface area contributed by atoms with Crippen molar-refractivity contribution in [2.45, 2.75) is 0 Å². The number of fused-ring (bicyclic) bond motifs is 5. The van der Waals surface area contributed by atoms with Crippen LogP contribution in [-0.4, -0.2) is 19.5 Å². The minimum absolute atomic E-state index is 0.638. The molecule has 9 aromatic rings. The van der Waals surface area contributed by atoms with Crippen molar-refractivity contribution in [3.05, 3.63) is 158 Å². The third kappa shape index (κ3) is 4.35. The maximum Gasteiger partial charge on any atom is 0.164 e. The summed E-state index contributed by atoms with van der Waals surface area (Å²) in [5.74, 6) is 1.94. The molecule has 0 aliphatic heterocycles. The molecular weight excluding hydrogens is 548 g/mol. The van der Waals surface area contributed by atoms with Gasteiger partial charge in [-0.1, -0.05) is 121 Å². The number of benzene rings is 7. The highest BCUT2D eigenvalue weighted by molar-refractivity contribution is 6.09. The van der Waals surface area contributed by atoms with Gasteiger partial charge < -0.3 is 4.57 Å². The summed E-state index contributed by atoms with van der Waals surface area (Å²) in [4.78, 5) is 15.2. The van der Waals surface area contributed by atoms with E-state index in [4.69, 9.17) is 15.0 Å². The first kappa shape index (κ1) is 25.4. The van der Waals surface area contributed by atoms with Crippen LogP contribution < -0.4 is 0 Å². The highest BCUT2D eigenvalue weighted by atomic mass is 15.0. The zero-order valence-electron chi connectivity index (χ0n) is 24.3.